The summed E-state index contributed by atoms with van der Waals surface area (Å²) < 4.78 is 3.48. The molecule has 0 amide bonds. The van der Waals surface area contributed by atoms with Crippen molar-refractivity contribution in [3.63, 3.8) is 0 Å². The summed E-state index contributed by atoms with van der Waals surface area (Å²) in [6.07, 6.45) is 2.63. The van der Waals surface area contributed by atoms with Crippen LogP contribution in [0.15, 0.2) is 53.4 Å². The lowest BCUT2D eigenvalue weighted by Gasteiger charge is -2.17. The fourth-order valence-electron chi connectivity index (χ4n) is 4.52. The van der Waals surface area contributed by atoms with Gasteiger partial charge in [0.2, 0.25) is 0 Å². The summed E-state index contributed by atoms with van der Waals surface area (Å²) in [6.45, 7) is 9.13. The van der Waals surface area contributed by atoms with Crippen molar-refractivity contribution in [3.8, 4) is 0 Å². The first-order chi connectivity index (χ1) is 12.1. The molecular weight excluding hydrogens is 360 g/mol. The Labute approximate surface area is 168 Å². The first-order valence-electron chi connectivity index (χ1n) is 9.43. The predicted molar refractivity (Wildman–Crippen MR) is 116 cm³/mol. The summed E-state index contributed by atoms with van der Waals surface area (Å²) in [5.41, 5.74) is 5.00. The highest BCUT2D eigenvalue weighted by atomic mass is 35.5. The molecule has 2 N–H and O–H groups in total. The number of hydrogen-bond acceptors (Lipinski definition) is 3. The fourth-order valence-corrected chi connectivity index (χ4v) is 5.17. The molecule has 1 heterocycles. The van der Waals surface area contributed by atoms with Gasteiger partial charge < -0.3 is 10.0 Å². The first kappa shape index (κ1) is 19.6. The third-order valence-corrected chi connectivity index (χ3v) is 7.21. The summed E-state index contributed by atoms with van der Waals surface area (Å²) in [5.74, 6) is 0.585. The smallest absolute Gasteiger partial charge is 0.0443 e. The maximum absolute atomic E-state index is 3.61. The summed E-state index contributed by atoms with van der Waals surface area (Å²) >= 11 is 1.68. The van der Waals surface area contributed by atoms with E-state index in [1.807, 2.05) is 0 Å². The highest BCUT2D eigenvalue weighted by molar-refractivity contribution is 8.00. The van der Waals surface area contributed by atoms with Crippen LogP contribution in [0, 0.1) is 5.41 Å². The molecule has 2 fully saturated rings. The van der Waals surface area contributed by atoms with Gasteiger partial charge in [-0.05, 0) is 71.5 Å². The normalized spacial score (nSPS) is 26.3. The van der Waals surface area contributed by atoms with Gasteiger partial charge >= 0.3 is 0 Å². The largest absolute Gasteiger partial charge is 0.326 e. The Hall–Kier alpha value is -1.16. The number of nitrogens with one attached hydrogen (secondary N) is 2. The average molecular weight is 389 g/mol. The second kappa shape index (κ2) is 7.46. The van der Waals surface area contributed by atoms with Crippen LogP contribution in [0.5, 0.6) is 0 Å². The Kier molecular flexibility index (Phi) is 5.62. The van der Waals surface area contributed by atoms with Crippen LogP contribution in [-0.4, -0.2) is 13.1 Å². The van der Waals surface area contributed by atoms with Gasteiger partial charge in [0.15, 0.2) is 0 Å². The summed E-state index contributed by atoms with van der Waals surface area (Å²) in [6, 6.07) is 18.0. The molecular formula is C22H29ClN2S. The molecule has 0 aromatic heterocycles. The van der Waals surface area contributed by atoms with E-state index in [0.717, 1.165) is 6.54 Å². The molecule has 4 heteroatoms. The van der Waals surface area contributed by atoms with Crippen LogP contribution in [0.2, 0.25) is 0 Å². The van der Waals surface area contributed by atoms with Crippen LogP contribution < -0.4 is 10.0 Å². The molecule has 2 atom stereocenters. The van der Waals surface area contributed by atoms with Crippen molar-refractivity contribution < 1.29 is 0 Å². The monoisotopic (exact) mass is 388 g/mol. The van der Waals surface area contributed by atoms with Crippen LogP contribution in [0.3, 0.4) is 0 Å². The number of hydrogen-bond donors (Lipinski definition) is 2. The van der Waals surface area contributed by atoms with E-state index in [2.05, 4.69) is 79.3 Å². The van der Waals surface area contributed by atoms with E-state index in [-0.39, 0.29) is 12.4 Å². The fraction of sp³-hybridized carbons (Fsp3) is 0.455. The van der Waals surface area contributed by atoms with Gasteiger partial charge in [0, 0.05) is 29.1 Å². The van der Waals surface area contributed by atoms with Crippen molar-refractivity contribution in [1.82, 2.24) is 5.32 Å². The minimum Gasteiger partial charge on any atom is -0.326 e. The second-order valence-electron chi connectivity index (χ2n) is 8.00. The number of piperidine rings is 1. The van der Waals surface area contributed by atoms with Crippen LogP contribution in [0.1, 0.15) is 50.7 Å². The lowest BCUT2D eigenvalue weighted by molar-refractivity contribution is 0.477. The zero-order chi connectivity index (χ0) is 17.5. The van der Waals surface area contributed by atoms with Crippen LogP contribution in [-0.2, 0) is 5.41 Å². The van der Waals surface area contributed by atoms with E-state index in [9.17, 15) is 0 Å². The Morgan fingerprint density at radius 3 is 2.31 bits per heavy atom. The predicted octanol–water partition coefficient (Wildman–Crippen LogP) is 5.99. The molecule has 4 rings (SSSR count). The third kappa shape index (κ3) is 3.26. The molecule has 26 heavy (non-hydrogen) atoms. The first-order valence-corrected chi connectivity index (χ1v) is 10.2. The molecule has 2 nitrogen and oxygen atoms in total. The Bertz CT molecular complexity index is 744. The molecule has 1 saturated carbocycles. The van der Waals surface area contributed by atoms with Crippen LogP contribution in [0.25, 0.3) is 0 Å². The van der Waals surface area contributed by atoms with Gasteiger partial charge in [-0.15, -0.1) is 12.4 Å². The third-order valence-electron chi connectivity index (χ3n) is 6.37. The number of halogens is 1. The van der Waals surface area contributed by atoms with Crippen molar-refractivity contribution in [2.24, 2.45) is 5.41 Å². The topological polar surface area (TPSA) is 24.1 Å². The minimum atomic E-state index is 0. The Morgan fingerprint density at radius 2 is 1.73 bits per heavy atom. The lowest BCUT2D eigenvalue weighted by Crippen LogP contribution is -2.19. The standard InChI is InChI=1S/C22H28N2S.ClH/c1-4-21-13-22(21,15-23-14-21)18-7-9-19(10-8-18)24-25-20-11-5-17(6-12-20)16(2)3;/h5-12,16,23-24H,4,13-15H2,1-3H3;1H/t21-,22+;/m1./s1. The molecule has 2 aromatic carbocycles. The van der Waals surface area contributed by atoms with E-state index in [1.165, 1.54) is 41.1 Å². The quantitative estimate of drug-likeness (QED) is 0.594. The van der Waals surface area contributed by atoms with Crippen molar-refractivity contribution in [2.75, 3.05) is 17.8 Å². The van der Waals surface area contributed by atoms with Crippen molar-refractivity contribution in [1.29, 1.82) is 0 Å². The van der Waals surface area contributed by atoms with E-state index in [1.54, 1.807) is 11.9 Å². The van der Waals surface area contributed by atoms with Gasteiger partial charge in [-0.1, -0.05) is 45.0 Å². The Balaban J connectivity index is 0.00000196. The van der Waals surface area contributed by atoms with Crippen molar-refractivity contribution in [2.45, 2.75) is 49.8 Å². The van der Waals surface area contributed by atoms with E-state index < -0.39 is 0 Å². The zero-order valence-electron chi connectivity index (χ0n) is 15.8. The highest BCUT2D eigenvalue weighted by Gasteiger charge is 2.69. The number of rotatable bonds is 6. The molecule has 0 radical (unpaired) electrons. The number of benzene rings is 2. The van der Waals surface area contributed by atoms with Crippen LogP contribution >= 0.6 is 24.4 Å². The van der Waals surface area contributed by atoms with E-state index >= 15 is 0 Å². The molecule has 2 aliphatic rings. The average Bonchev–Trinajstić information content (AvgIpc) is 3.16. The Morgan fingerprint density at radius 1 is 1.04 bits per heavy atom. The molecule has 140 valence electrons. The second-order valence-corrected chi connectivity index (χ2v) is 8.88. The van der Waals surface area contributed by atoms with Crippen LogP contribution in [0.4, 0.5) is 5.69 Å². The summed E-state index contributed by atoms with van der Waals surface area (Å²) in [7, 11) is 0. The van der Waals surface area contributed by atoms with Gasteiger partial charge in [-0.3, -0.25) is 0 Å². The molecule has 0 spiro atoms. The van der Waals surface area contributed by atoms with Gasteiger partial charge in [-0.25, -0.2) is 0 Å². The van der Waals surface area contributed by atoms with Gasteiger partial charge in [0.25, 0.3) is 0 Å². The van der Waals surface area contributed by atoms with Crippen molar-refractivity contribution >= 4 is 30.0 Å². The van der Waals surface area contributed by atoms with Crippen molar-refractivity contribution in [3.05, 3.63) is 59.7 Å². The molecule has 0 unspecified atom stereocenters. The molecule has 1 aliphatic carbocycles. The molecule has 1 saturated heterocycles. The van der Waals surface area contributed by atoms with E-state index in [4.69, 9.17) is 0 Å². The van der Waals surface area contributed by atoms with Gasteiger partial charge in [0.1, 0.15) is 0 Å². The lowest BCUT2D eigenvalue weighted by atomic mass is 9.87. The minimum absolute atomic E-state index is 0. The highest BCUT2D eigenvalue weighted by Crippen LogP contribution is 2.68. The zero-order valence-corrected chi connectivity index (χ0v) is 17.5. The molecule has 1 aliphatic heterocycles. The number of fused-ring (bicyclic) bond motifs is 1. The SMILES string of the molecule is CC[C@@]12CNC[C@]1(c1ccc(NSc3ccc(C(C)C)cc3)cc1)C2.Cl. The molecule has 2 aromatic rings. The van der Waals surface area contributed by atoms with Gasteiger partial charge in [0.05, 0.1) is 0 Å². The van der Waals surface area contributed by atoms with Gasteiger partial charge in [-0.2, -0.15) is 0 Å². The summed E-state index contributed by atoms with van der Waals surface area (Å²) in [5, 5.41) is 3.61. The number of anilines is 1. The molecule has 0 bridgehead atoms. The summed E-state index contributed by atoms with van der Waals surface area (Å²) in [4.78, 5) is 1.25. The maximum atomic E-state index is 3.61. The maximum Gasteiger partial charge on any atom is 0.0443 e. The van der Waals surface area contributed by atoms with E-state index in [0.29, 0.717) is 16.7 Å².